The van der Waals surface area contributed by atoms with Crippen LogP contribution < -0.4 is 11.2 Å². The van der Waals surface area contributed by atoms with Crippen molar-refractivity contribution in [3.05, 3.63) is 66.7 Å². The molecule has 0 aliphatic rings. The van der Waals surface area contributed by atoms with Gasteiger partial charge in [-0.3, -0.25) is 13.9 Å². The van der Waals surface area contributed by atoms with Gasteiger partial charge >= 0.3 is 17.8 Å². The zero-order chi connectivity index (χ0) is 23.2. The number of carboxylic acids is 1. The van der Waals surface area contributed by atoms with Gasteiger partial charge in [0.25, 0.3) is 5.56 Å². The molecule has 31 heavy (non-hydrogen) atoms. The number of thiophene rings is 1. The minimum absolute atomic E-state index is 0.00209. The van der Waals surface area contributed by atoms with E-state index in [4.69, 9.17) is 0 Å². The largest absolute Gasteiger partial charge is 0.478 e. The van der Waals surface area contributed by atoms with Crippen molar-refractivity contribution in [2.45, 2.75) is 32.7 Å². The minimum atomic E-state index is -4.78. The number of benzene rings is 1. The summed E-state index contributed by atoms with van der Waals surface area (Å²) in [5.41, 5.74) is -3.85. The number of fused-ring (bicyclic) bond motifs is 1. The molecule has 1 unspecified atom stereocenters. The molecule has 1 aromatic carbocycles. The van der Waals surface area contributed by atoms with Crippen LogP contribution in [-0.2, 0) is 19.8 Å². The number of aliphatic hydroxyl groups excluding tert-OH is 1. The van der Waals surface area contributed by atoms with Crippen LogP contribution in [0.15, 0.2) is 33.9 Å². The summed E-state index contributed by atoms with van der Waals surface area (Å²) in [5.74, 6) is -1.63. The summed E-state index contributed by atoms with van der Waals surface area (Å²) in [6.45, 7) is 3.77. The standard InChI is InChI=1S/C20H19F3N2O5S/c1-9(2)8-25-17-13(16(27)24(3)19(25)30)12(18(28)29)15(31-17)14(26)10-6-4-5-7-11(10)20(21,22)23/h4-7,9,14,26H,8H2,1-3H3,(H,28,29). The maximum atomic E-state index is 13.4. The molecule has 1 atom stereocenters. The molecule has 3 aromatic rings. The van der Waals surface area contributed by atoms with Crippen LogP contribution in [0.1, 0.15) is 46.3 Å². The Labute approximate surface area is 177 Å². The molecule has 2 heterocycles. The second-order valence-corrected chi connectivity index (χ2v) is 8.50. The molecule has 0 spiro atoms. The molecule has 166 valence electrons. The van der Waals surface area contributed by atoms with Crippen molar-refractivity contribution in [1.82, 2.24) is 9.13 Å². The summed E-state index contributed by atoms with van der Waals surface area (Å²) in [5, 5.41) is 20.3. The fraction of sp³-hybridized carbons (Fsp3) is 0.350. The van der Waals surface area contributed by atoms with Crippen molar-refractivity contribution in [3.63, 3.8) is 0 Å². The van der Waals surface area contributed by atoms with Crippen molar-refractivity contribution in [2.75, 3.05) is 0 Å². The van der Waals surface area contributed by atoms with Gasteiger partial charge in [0.2, 0.25) is 0 Å². The van der Waals surface area contributed by atoms with Crippen LogP contribution in [-0.4, -0.2) is 25.3 Å². The van der Waals surface area contributed by atoms with Gasteiger partial charge in [-0.1, -0.05) is 32.0 Å². The number of aromatic carboxylic acids is 1. The van der Waals surface area contributed by atoms with Crippen molar-refractivity contribution < 1.29 is 28.2 Å². The minimum Gasteiger partial charge on any atom is -0.478 e. The van der Waals surface area contributed by atoms with Crippen molar-refractivity contribution in [2.24, 2.45) is 13.0 Å². The van der Waals surface area contributed by atoms with E-state index in [1.165, 1.54) is 17.7 Å². The number of halogens is 3. The summed E-state index contributed by atoms with van der Waals surface area (Å²) >= 11 is 0.632. The van der Waals surface area contributed by atoms with Gasteiger partial charge in [0.1, 0.15) is 10.9 Å². The van der Waals surface area contributed by atoms with E-state index in [0.29, 0.717) is 11.3 Å². The molecule has 0 fully saturated rings. The van der Waals surface area contributed by atoms with Crippen LogP contribution in [0.4, 0.5) is 13.2 Å². The average Bonchev–Trinajstić information content (AvgIpc) is 3.09. The van der Waals surface area contributed by atoms with Crippen LogP contribution >= 0.6 is 11.3 Å². The molecular formula is C20H19F3N2O5S. The summed E-state index contributed by atoms with van der Waals surface area (Å²) in [6, 6.07) is 4.26. The van der Waals surface area contributed by atoms with Crippen LogP contribution in [0.3, 0.4) is 0 Å². The maximum absolute atomic E-state index is 13.4. The lowest BCUT2D eigenvalue weighted by molar-refractivity contribution is -0.138. The number of aliphatic hydroxyl groups is 1. The molecule has 2 N–H and O–H groups in total. The van der Waals surface area contributed by atoms with E-state index < -0.39 is 46.2 Å². The second-order valence-electron chi connectivity index (χ2n) is 7.47. The van der Waals surface area contributed by atoms with Gasteiger partial charge in [0, 0.05) is 13.6 Å². The third-order valence-electron chi connectivity index (χ3n) is 4.77. The number of aromatic nitrogens is 2. The summed E-state index contributed by atoms with van der Waals surface area (Å²) < 4.78 is 42.3. The number of hydrogen-bond donors (Lipinski definition) is 2. The molecule has 7 nitrogen and oxygen atoms in total. The Balaban J connectivity index is 2.41. The van der Waals surface area contributed by atoms with Gasteiger partial charge in [0.05, 0.1) is 21.4 Å². The highest BCUT2D eigenvalue weighted by Crippen LogP contribution is 2.41. The van der Waals surface area contributed by atoms with E-state index in [0.717, 1.165) is 22.8 Å². The molecule has 3 rings (SSSR count). The number of alkyl halides is 3. The third-order valence-corrected chi connectivity index (χ3v) is 6.03. The van der Waals surface area contributed by atoms with E-state index in [1.807, 2.05) is 13.8 Å². The number of carboxylic acid groups (broad SMARTS) is 1. The van der Waals surface area contributed by atoms with E-state index in [9.17, 15) is 37.8 Å². The lowest BCUT2D eigenvalue weighted by atomic mass is 9.98. The topological polar surface area (TPSA) is 102 Å². The van der Waals surface area contributed by atoms with E-state index in [1.54, 1.807) is 0 Å². The molecule has 0 saturated heterocycles. The average molecular weight is 456 g/mol. The van der Waals surface area contributed by atoms with Crippen LogP contribution in [0.25, 0.3) is 10.2 Å². The molecule has 0 radical (unpaired) electrons. The first-order valence-corrected chi connectivity index (χ1v) is 10.0. The first kappa shape index (κ1) is 22.8. The maximum Gasteiger partial charge on any atom is 0.416 e. The Kier molecular flexibility index (Phi) is 5.85. The Morgan fingerprint density at radius 2 is 1.81 bits per heavy atom. The first-order chi connectivity index (χ1) is 14.4. The highest BCUT2D eigenvalue weighted by molar-refractivity contribution is 7.19. The molecular weight excluding hydrogens is 437 g/mol. The second kappa shape index (κ2) is 7.97. The monoisotopic (exact) mass is 456 g/mol. The predicted octanol–water partition coefficient (Wildman–Crippen LogP) is 3.22. The molecule has 0 amide bonds. The number of rotatable bonds is 5. The molecule has 0 saturated carbocycles. The zero-order valence-electron chi connectivity index (χ0n) is 16.7. The Hall–Kier alpha value is -2.92. The van der Waals surface area contributed by atoms with Gasteiger partial charge in [0.15, 0.2) is 0 Å². The Morgan fingerprint density at radius 3 is 2.35 bits per heavy atom. The summed E-state index contributed by atoms with van der Waals surface area (Å²) in [4.78, 5) is 37.1. The third kappa shape index (κ3) is 3.90. The van der Waals surface area contributed by atoms with Crippen LogP contribution in [0.2, 0.25) is 0 Å². The van der Waals surface area contributed by atoms with Gasteiger partial charge in [-0.25, -0.2) is 9.59 Å². The quantitative estimate of drug-likeness (QED) is 0.614. The lowest BCUT2D eigenvalue weighted by Gasteiger charge is -2.17. The fourth-order valence-corrected chi connectivity index (χ4v) is 4.71. The van der Waals surface area contributed by atoms with E-state index in [2.05, 4.69) is 0 Å². The predicted molar refractivity (Wildman–Crippen MR) is 109 cm³/mol. The highest BCUT2D eigenvalue weighted by Gasteiger charge is 2.37. The molecule has 0 aliphatic heterocycles. The van der Waals surface area contributed by atoms with Crippen LogP contribution in [0.5, 0.6) is 0 Å². The number of hydrogen-bond acceptors (Lipinski definition) is 5. The van der Waals surface area contributed by atoms with Gasteiger partial charge < -0.3 is 10.2 Å². The smallest absolute Gasteiger partial charge is 0.416 e. The van der Waals surface area contributed by atoms with E-state index in [-0.39, 0.29) is 27.6 Å². The fourth-order valence-electron chi connectivity index (χ4n) is 3.41. The summed E-state index contributed by atoms with van der Waals surface area (Å²) in [6.07, 6.45) is -6.75. The lowest BCUT2D eigenvalue weighted by Crippen LogP contribution is -2.38. The van der Waals surface area contributed by atoms with Crippen LogP contribution in [0, 0.1) is 5.92 Å². The molecule has 2 aromatic heterocycles. The summed E-state index contributed by atoms with van der Waals surface area (Å²) in [7, 11) is 1.19. The van der Waals surface area contributed by atoms with E-state index >= 15 is 0 Å². The zero-order valence-corrected chi connectivity index (χ0v) is 17.5. The molecule has 11 heteroatoms. The highest BCUT2D eigenvalue weighted by atomic mass is 32.1. The molecule has 0 aliphatic carbocycles. The molecule has 0 bridgehead atoms. The number of carbonyl (C=O) groups is 1. The normalized spacial score (nSPS) is 13.2. The number of nitrogens with zero attached hydrogens (tertiary/aromatic N) is 2. The van der Waals surface area contributed by atoms with Gasteiger partial charge in [-0.2, -0.15) is 13.2 Å². The Morgan fingerprint density at radius 1 is 1.19 bits per heavy atom. The first-order valence-electron chi connectivity index (χ1n) is 9.19. The van der Waals surface area contributed by atoms with Crippen molar-refractivity contribution in [3.8, 4) is 0 Å². The SMILES string of the molecule is CC(C)Cn1c(=O)n(C)c(=O)c2c(C(=O)O)c(C(O)c3ccccc3C(F)(F)F)sc21. The van der Waals surface area contributed by atoms with Gasteiger partial charge in [-0.05, 0) is 17.5 Å². The Bertz CT molecular complexity index is 1290. The van der Waals surface area contributed by atoms with Crippen molar-refractivity contribution in [1.29, 1.82) is 0 Å². The van der Waals surface area contributed by atoms with Crippen molar-refractivity contribution >= 4 is 27.5 Å². The van der Waals surface area contributed by atoms with Gasteiger partial charge in [-0.15, -0.1) is 11.3 Å².